The van der Waals surface area contributed by atoms with E-state index in [0.29, 0.717) is 12.8 Å². The van der Waals surface area contributed by atoms with Crippen LogP contribution in [0.3, 0.4) is 0 Å². The van der Waals surface area contributed by atoms with E-state index < -0.39 is 23.7 Å². The molecule has 6 heteroatoms. The first kappa shape index (κ1) is 12.8. The normalized spacial score (nSPS) is 25.2. The molecule has 1 amide bonds. The molecular weight excluding hydrogens is 212 g/mol. The summed E-state index contributed by atoms with van der Waals surface area (Å²) in [4.78, 5) is 22.0. The van der Waals surface area contributed by atoms with Crippen molar-refractivity contribution in [3.8, 4) is 0 Å². The van der Waals surface area contributed by atoms with E-state index in [-0.39, 0.29) is 6.17 Å². The summed E-state index contributed by atoms with van der Waals surface area (Å²) in [5.41, 5.74) is -0.547. The van der Waals surface area contributed by atoms with Crippen molar-refractivity contribution in [1.29, 1.82) is 0 Å². The van der Waals surface area contributed by atoms with Crippen molar-refractivity contribution in [1.82, 2.24) is 10.6 Å². The number of rotatable bonds is 2. The van der Waals surface area contributed by atoms with Gasteiger partial charge in [-0.15, -0.1) is 0 Å². The Hall–Kier alpha value is -1.30. The number of amides is 1. The topological polar surface area (TPSA) is 87.7 Å². The molecular formula is C10H18N2O4. The molecule has 1 aliphatic rings. The van der Waals surface area contributed by atoms with Crippen LogP contribution in [0, 0.1) is 0 Å². The van der Waals surface area contributed by atoms with Gasteiger partial charge < -0.3 is 15.2 Å². The van der Waals surface area contributed by atoms with Gasteiger partial charge in [0.15, 0.2) is 0 Å². The maximum atomic E-state index is 11.4. The average molecular weight is 230 g/mol. The van der Waals surface area contributed by atoms with Gasteiger partial charge in [0, 0.05) is 0 Å². The van der Waals surface area contributed by atoms with Crippen LogP contribution in [0.5, 0.6) is 0 Å². The van der Waals surface area contributed by atoms with E-state index in [1.807, 2.05) is 0 Å². The molecule has 0 aromatic carbocycles. The first-order valence-corrected chi connectivity index (χ1v) is 5.26. The number of alkyl carbamates (subject to hydrolysis) is 1. The summed E-state index contributed by atoms with van der Waals surface area (Å²) in [5.74, 6) is -0.895. The molecule has 6 nitrogen and oxygen atoms in total. The molecule has 1 saturated heterocycles. The van der Waals surface area contributed by atoms with Crippen molar-refractivity contribution < 1.29 is 19.4 Å². The molecule has 0 aromatic rings. The van der Waals surface area contributed by atoms with E-state index in [1.165, 1.54) is 0 Å². The maximum absolute atomic E-state index is 11.4. The van der Waals surface area contributed by atoms with E-state index in [1.54, 1.807) is 20.8 Å². The Labute approximate surface area is 94.3 Å². The summed E-state index contributed by atoms with van der Waals surface area (Å²) in [6, 6.07) is -0.583. The van der Waals surface area contributed by atoms with Gasteiger partial charge in [0.05, 0.1) is 6.17 Å². The average Bonchev–Trinajstić information content (AvgIpc) is 2.48. The lowest BCUT2D eigenvalue weighted by Crippen LogP contribution is -2.47. The molecule has 92 valence electrons. The predicted molar refractivity (Wildman–Crippen MR) is 57.0 cm³/mol. The molecule has 1 heterocycles. The van der Waals surface area contributed by atoms with Crippen molar-refractivity contribution in [3.05, 3.63) is 0 Å². The minimum atomic E-state index is -0.895. The second kappa shape index (κ2) is 4.69. The minimum Gasteiger partial charge on any atom is -0.480 e. The first-order valence-electron chi connectivity index (χ1n) is 5.26. The lowest BCUT2D eigenvalue weighted by Gasteiger charge is -2.21. The van der Waals surface area contributed by atoms with Crippen molar-refractivity contribution in [2.45, 2.75) is 51.4 Å². The van der Waals surface area contributed by atoms with Gasteiger partial charge in [-0.25, -0.2) is 4.79 Å². The van der Waals surface area contributed by atoms with Crippen LogP contribution in [-0.4, -0.2) is 35.0 Å². The fourth-order valence-electron chi connectivity index (χ4n) is 1.50. The second-order valence-corrected chi connectivity index (χ2v) is 4.83. The molecule has 3 N–H and O–H groups in total. The molecule has 2 atom stereocenters. The van der Waals surface area contributed by atoms with Gasteiger partial charge >= 0.3 is 12.1 Å². The highest BCUT2D eigenvalue weighted by Gasteiger charge is 2.30. The fourth-order valence-corrected chi connectivity index (χ4v) is 1.50. The van der Waals surface area contributed by atoms with Gasteiger partial charge in [0.2, 0.25) is 0 Å². The van der Waals surface area contributed by atoms with Gasteiger partial charge in [-0.05, 0) is 33.6 Å². The zero-order valence-electron chi connectivity index (χ0n) is 9.74. The third-order valence-electron chi connectivity index (χ3n) is 2.14. The number of nitrogens with one attached hydrogen (secondary N) is 2. The standard InChI is InChI=1S/C10H18N2O4/c1-10(2,3)16-9(15)12-7-5-4-6(11-7)8(13)14/h6-7,11H,4-5H2,1-3H3,(H,12,15)(H,13,14). The quantitative estimate of drug-likeness (QED) is 0.649. The number of aliphatic carboxylic acids is 1. The second-order valence-electron chi connectivity index (χ2n) is 4.83. The van der Waals surface area contributed by atoms with Gasteiger partial charge in [0.25, 0.3) is 0 Å². The lowest BCUT2D eigenvalue weighted by atomic mass is 10.2. The largest absolute Gasteiger partial charge is 0.480 e. The number of hydrogen-bond donors (Lipinski definition) is 3. The summed E-state index contributed by atoms with van der Waals surface area (Å²) >= 11 is 0. The third-order valence-corrected chi connectivity index (χ3v) is 2.14. The Morgan fingerprint density at radius 3 is 2.44 bits per heavy atom. The molecule has 1 fully saturated rings. The van der Waals surface area contributed by atoms with Crippen LogP contribution >= 0.6 is 0 Å². The van der Waals surface area contributed by atoms with Gasteiger partial charge in [-0.3, -0.25) is 10.1 Å². The Morgan fingerprint density at radius 2 is 2.00 bits per heavy atom. The molecule has 0 radical (unpaired) electrons. The molecule has 0 aliphatic carbocycles. The monoisotopic (exact) mass is 230 g/mol. The van der Waals surface area contributed by atoms with E-state index in [0.717, 1.165) is 0 Å². The van der Waals surface area contributed by atoms with Gasteiger partial charge in [-0.1, -0.05) is 0 Å². The molecule has 2 unspecified atom stereocenters. The SMILES string of the molecule is CC(C)(C)OC(=O)NC1CCC(C(=O)O)N1. The Balaban J connectivity index is 2.34. The fraction of sp³-hybridized carbons (Fsp3) is 0.800. The molecule has 16 heavy (non-hydrogen) atoms. The number of carboxylic acids is 1. The zero-order chi connectivity index (χ0) is 12.3. The van der Waals surface area contributed by atoms with Gasteiger partial charge in [-0.2, -0.15) is 0 Å². The summed E-state index contributed by atoms with van der Waals surface area (Å²) in [6.07, 6.45) is 0.249. The molecule has 0 spiro atoms. The van der Waals surface area contributed by atoms with E-state index >= 15 is 0 Å². The van der Waals surface area contributed by atoms with Crippen molar-refractivity contribution in [3.63, 3.8) is 0 Å². The lowest BCUT2D eigenvalue weighted by molar-refractivity contribution is -0.139. The Morgan fingerprint density at radius 1 is 1.38 bits per heavy atom. The van der Waals surface area contributed by atoms with Crippen LogP contribution in [0.15, 0.2) is 0 Å². The molecule has 0 aromatic heterocycles. The van der Waals surface area contributed by atoms with Crippen LogP contribution in [0.25, 0.3) is 0 Å². The maximum Gasteiger partial charge on any atom is 0.408 e. The summed E-state index contributed by atoms with van der Waals surface area (Å²) in [5, 5.41) is 14.1. The number of carbonyl (C=O) groups is 2. The van der Waals surface area contributed by atoms with Crippen molar-refractivity contribution in [2.75, 3.05) is 0 Å². The number of carbonyl (C=O) groups excluding carboxylic acids is 1. The van der Waals surface area contributed by atoms with Crippen LogP contribution in [0.2, 0.25) is 0 Å². The number of hydrogen-bond acceptors (Lipinski definition) is 4. The van der Waals surface area contributed by atoms with E-state index in [9.17, 15) is 9.59 Å². The van der Waals surface area contributed by atoms with Crippen LogP contribution in [0.4, 0.5) is 4.79 Å². The molecule has 1 aliphatic heterocycles. The van der Waals surface area contributed by atoms with Crippen molar-refractivity contribution >= 4 is 12.1 Å². The molecule has 1 rings (SSSR count). The highest BCUT2D eigenvalue weighted by atomic mass is 16.6. The summed E-state index contributed by atoms with van der Waals surface area (Å²) < 4.78 is 5.06. The molecule has 0 saturated carbocycles. The molecule has 0 bridgehead atoms. The smallest absolute Gasteiger partial charge is 0.408 e. The van der Waals surface area contributed by atoms with E-state index in [2.05, 4.69) is 10.6 Å². The number of ether oxygens (including phenoxy) is 1. The zero-order valence-corrected chi connectivity index (χ0v) is 9.74. The highest BCUT2D eigenvalue weighted by Crippen LogP contribution is 2.12. The van der Waals surface area contributed by atoms with E-state index in [4.69, 9.17) is 9.84 Å². The highest BCUT2D eigenvalue weighted by molar-refractivity contribution is 5.74. The van der Waals surface area contributed by atoms with Crippen LogP contribution in [-0.2, 0) is 9.53 Å². The van der Waals surface area contributed by atoms with Crippen LogP contribution in [0.1, 0.15) is 33.6 Å². The summed E-state index contributed by atoms with van der Waals surface area (Å²) in [7, 11) is 0. The minimum absolute atomic E-state index is 0.323. The van der Waals surface area contributed by atoms with Crippen LogP contribution < -0.4 is 10.6 Å². The van der Waals surface area contributed by atoms with Crippen molar-refractivity contribution in [2.24, 2.45) is 0 Å². The van der Waals surface area contributed by atoms with Gasteiger partial charge in [0.1, 0.15) is 11.6 Å². The Bertz CT molecular complexity index is 285. The predicted octanol–water partition coefficient (Wildman–Crippen LogP) is 0.674. The third kappa shape index (κ3) is 4.06. The summed E-state index contributed by atoms with van der Waals surface area (Å²) in [6.45, 7) is 5.32. The Kier molecular flexibility index (Phi) is 3.74. The first-order chi connectivity index (χ1) is 7.28. The number of carboxylic acid groups (broad SMARTS) is 1.